The Kier molecular flexibility index (Phi) is 4.27. The Morgan fingerprint density at radius 2 is 1.95 bits per heavy atom. The lowest BCUT2D eigenvalue weighted by Crippen LogP contribution is -2.22. The second kappa shape index (κ2) is 5.75. The number of aryl methyl sites for hydroxylation is 1. The Labute approximate surface area is 119 Å². The molecule has 0 fully saturated rings. The monoisotopic (exact) mass is 326 g/mol. The third-order valence-corrected chi connectivity index (χ3v) is 3.41. The van der Waals surface area contributed by atoms with Crippen LogP contribution in [0.15, 0.2) is 34.9 Å². The van der Waals surface area contributed by atoms with E-state index in [1.165, 1.54) is 12.1 Å². The Bertz CT molecular complexity index is 585. The van der Waals surface area contributed by atoms with Gasteiger partial charge in [0, 0.05) is 16.2 Å². The highest BCUT2D eigenvalue weighted by atomic mass is 79.9. The zero-order valence-electron chi connectivity index (χ0n) is 10.5. The number of nitrogens with one attached hydrogen (secondary N) is 1. The van der Waals surface area contributed by atoms with E-state index in [2.05, 4.69) is 26.2 Å². The first-order chi connectivity index (χ1) is 9.04. The van der Waals surface area contributed by atoms with Crippen LogP contribution in [0.4, 0.5) is 8.78 Å². The third kappa shape index (κ3) is 2.82. The molecule has 1 aromatic heterocycles. The zero-order valence-corrected chi connectivity index (χ0v) is 12.1. The van der Waals surface area contributed by atoms with Crippen molar-refractivity contribution in [1.29, 1.82) is 0 Å². The molecule has 100 valence electrons. The molecule has 1 unspecified atom stereocenters. The molecule has 0 aliphatic heterocycles. The van der Waals surface area contributed by atoms with Gasteiger partial charge in [-0.3, -0.25) is 4.98 Å². The summed E-state index contributed by atoms with van der Waals surface area (Å²) in [5.74, 6) is -1.11. The Morgan fingerprint density at radius 3 is 2.53 bits per heavy atom. The highest BCUT2D eigenvalue weighted by Gasteiger charge is 2.22. The van der Waals surface area contributed by atoms with Crippen LogP contribution in [-0.4, -0.2) is 12.0 Å². The molecule has 0 aliphatic rings. The number of rotatable bonds is 3. The molecule has 0 spiro atoms. The minimum Gasteiger partial charge on any atom is -0.308 e. The topological polar surface area (TPSA) is 24.9 Å². The van der Waals surface area contributed by atoms with Gasteiger partial charge in [-0.05, 0) is 53.7 Å². The molecule has 1 N–H and O–H groups in total. The van der Waals surface area contributed by atoms with E-state index in [-0.39, 0.29) is 5.56 Å². The van der Waals surface area contributed by atoms with Gasteiger partial charge in [-0.1, -0.05) is 6.07 Å². The van der Waals surface area contributed by atoms with Crippen molar-refractivity contribution in [2.45, 2.75) is 13.0 Å². The van der Waals surface area contributed by atoms with Crippen LogP contribution in [0.25, 0.3) is 0 Å². The zero-order chi connectivity index (χ0) is 14.0. The van der Waals surface area contributed by atoms with Gasteiger partial charge in [0.25, 0.3) is 0 Å². The van der Waals surface area contributed by atoms with Crippen LogP contribution in [-0.2, 0) is 0 Å². The summed E-state index contributed by atoms with van der Waals surface area (Å²) in [6.45, 7) is 1.61. The first kappa shape index (κ1) is 14.1. The van der Waals surface area contributed by atoms with E-state index in [1.807, 2.05) is 0 Å². The van der Waals surface area contributed by atoms with Crippen molar-refractivity contribution in [3.05, 3.63) is 63.4 Å². The van der Waals surface area contributed by atoms with E-state index < -0.39 is 17.7 Å². The van der Waals surface area contributed by atoms with Gasteiger partial charge in [0.2, 0.25) is 0 Å². The lowest BCUT2D eigenvalue weighted by molar-refractivity contribution is 0.513. The van der Waals surface area contributed by atoms with Gasteiger partial charge in [-0.15, -0.1) is 0 Å². The second-order valence-corrected chi connectivity index (χ2v) is 5.13. The molecule has 1 aromatic carbocycles. The maximum atomic E-state index is 14.1. The van der Waals surface area contributed by atoms with Crippen LogP contribution in [0.3, 0.4) is 0 Å². The molecule has 2 rings (SSSR count). The van der Waals surface area contributed by atoms with Crippen LogP contribution in [0.1, 0.15) is 22.9 Å². The van der Waals surface area contributed by atoms with Crippen LogP contribution < -0.4 is 5.32 Å². The van der Waals surface area contributed by atoms with Crippen molar-refractivity contribution < 1.29 is 8.78 Å². The number of hydrogen-bond acceptors (Lipinski definition) is 2. The van der Waals surface area contributed by atoms with Crippen molar-refractivity contribution in [2.75, 3.05) is 7.05 Å². The summed E-state index contributed by atoms with van der Waals surface area (Å²) in [5.41, 5.74) is 0.972. The number of hydrogen-bond donors (Lipinski definition) is 1. The summed E-state index contributed by atoms with van der Waals surface area (Å²) in [6, 6.07) is 5.60. The third-order valence-electron chi connectivity index (χ3n) is 2.94. The molecule has 0 saturated carbocycles. The van der Waals surface area contributed by atoms with E-state index in [4.69, 9.17) is 0 Å². The van der Waals surface area contributed by atoms with Gasteiger partial charge in [-0.2, -0.15) is 0 Å². The summed E-state index contributed by atoms with van der Waals surface area (Å²) in [7, 11) is 1.65. The number of halogens is 3. The minimum atomic E-state index is -0.618. The minimum absolute atomic E-state index is 0.00248. The van der Waals surface area contributed by atoms with Crippen LogP contribution in [0.5, 0.6) is 0 Å². The first-order valence-electron chi connectivity index (χ1n) is 5.77. The lowest BCUT2D eigenvalue weighted by Gasteiger charge is -2.18. The smallest absolute Gasteiger partial charge is 0.134 e. The van der Waals surface area contributed by atoms with E-state index in [9.17, 15) is 8.78 Å². The maximum Gasteiger partial charge on any atom is 0.134 e. The molecule has 0 saturated heterocycles. The molecule has 1 heterocycles. The normalized spacial score (nSPS) is 12.5. The van der Waals surface area contributed by atoms with Crippen molar-refractivity contribution in [3.8, 4) is 0 Å². The number of nitrogens with zero attached hydrogens (tertiary/aromatic N) is 1. The average molecular weight is 327 g/mol. The molecule has 2 nitrogen and oxygen atoms in total. The number of benzene rings is 1. The van der Waals surface area contributed by atoms with E-state index >= 15 is 0 Å². The molecule has 5 heteroatoms. The predicted molar refractivity (Wildman–Crippen MR) is 73.9 cm³/mol. The predicted octanol–water partition coefficient (Wildman–Crippen LogP) is 3.74. The SMILES string of the molecule is CNC(c1ccc(Br)cn1)c1c(F)ccc(C)c1F. The fraction of sp³-hybridized carbons (Fsp3) is 0.214. The molecule has 0 aliphatic carbocycles. The molecular weight excluding hydrogens is 314 g/mol. The van der Waals surface area contributed by atoms with Crippen molar-refractivity contribution >= 4 is 15.9 Å². The molecule has 0 bridgehead atoms. The van der Waals surface area contributed by atoms with Gasteiger partial charge in [0.15, 0.2) is 0 Å². The van der Waals surface area contributed by atoms with Crippen LogP contribution in [0.2, 0.25) is 0 Å². The van der Waals surface area contributed by atoms with Crippen LogP contribution in [0, 0.1) is 18.6 Å². The molecule has 19 heavy (non-hydrogen) atoms. The Morgan fingerprint density at radius 1 is 1.21 bits per heavy atom. The molecule has 2 aromatic rings. The highest BCUT2D eigenvalue weighted by molar-refractivity contribution is 9.10. The Balaban J connectivity index is 2.54. The van der Waals surface area contributed by atoms with Gasteiger partial charge in [0.05, 0.1) is 11.7 Å². The summed E-state index contributed by atoms with van der Waals surface area (Å²) < 4.78 is 28.9. The van der Waals surface area contributed by atoms with Crippen molar-refractivity contribution in [3.63, 3.8) is 0 Å². The standard InChI is InChI=1S/C14H13BrF2N2/c1-8-3-5-10(16)12(13(8)17)14(18-2)11-6-4-9(15)7-19-11/h3-7,14,18H,1-2H3. The van der Waals surface area contributed by atoms with Crippen molar-refractivity contribution in [1.82, 2.24) is 10.3 Å². The Hall–Kier alpha value is -1.33. The first-order valence-corrected chi connectivity index (χ1v) is 6.57. The molecule has 1 atom stereocenters. The molecule has 0 radical (unpaired) electrons. The maximum absolute atomic E-state index is 14.1. The number of pyridine rings is 1. The van der Waals surface area contributed by atoms with Gasteiger partial charge in [-0.25, -0.2) is 8.78 Å². The lowest BCUT2D eigenvalue weighted by atomic mass is 9.99. The fourth-order valence-corrected chi connectivity index (χ4v) is 2.18. The summed E-state index contributed by atoms with van der Waals surface area (Å²) in [5, 5.41) is 2.91. The average Bonchev–Trinajstić information content (AvgIpc) is 2.40. The van der Waals surface area contributed by atoms with Gasteiger partial charge < -0.3 is 5.32 Å². The largest absolute Gasteiger partial charge is 0.308 e. The van der Waals surface area contributed by atoms with Crippen LogP contribution >= 0.6 is 15.9 Å². The highest BCUT2D eigenvalue weighted by Crippen LogP contribution is 2.27. The van der Waals surface area contributed by atoms with E-state index in [1.54, 1.807) is 32.3 Å². The molecular formula is C14H13BrF2N2. The summed E-state index contributed by atoms with van der Waals surface area (Å²) in [4.78, 5) is 4.20. The fourth-order valence-electron chi connectivity index (χ4n) is 1.94. The summed E-state index contributed by atoms with van der Waals surface area (Å²) >= 11 is 3.28. The van der Waals surface area contributed by atoms with Gasteiger partial charge in [0.1, 0.15) is 11.6 Å². The quantitative estimate of drug-likeness (QED) is 0.929. The summed E-state index contributed by atoms with van der Waals surface area (Å²) in [6.07, 6.45) is 1.60. The van der Waals surface area contributed by atoms with E-state index in [0.29, 0.717) is 11.3 Å². The van der Waals surface area contributed by atoms with Crippen molar-refractivity contribution in [2.24, 2.45) is 0 Å². The number of aromatic nitrogens is 1. The second-order valence-electron chi connectivity index (χ2n) is 4.21. The molecule has 0 amide bonds. The van der Waals surface area contributed by atoms with Gasteiger partial charge >= 0.3 is 0 Å². The van der Waals surface area contributed by atoms with E-state index in [0.717, 1.165) is 4.47 Å².